The molecule has 1 amide bonds. The summed E-state index contributed by atoms with van der Waals surface area (Å²) in [5.74, 6) is 0.576. The summed E-state index contributed by atoms with van der Waals surface area (Å²) in [4.78, 5) is 14.3. The molecule has 1 heterocycles. The molecule has 0 saturated carbocycles. The first-order valence-corrected chi connectivity index (χ1v) is 7.94. The largest absolute Gasteiger partial charge is 0.329 e. The predicted molar refractivity (Wildman–Crippen MR) is 95.2 cm³/mol. The summed E-state index contributed by atoms with van der Waals surface area (Å²) >= 11 is 12.0. The van der Waals surface area contributed by atoms with Gasteiger partial charge in [0.05, 0.1) is 22.3 Å². The predicted octanol–water partition coefficient (Wildman–Crippen LogP) is 3.41. The van der Waals surface area contributed by atoms with Crippen molar-refractivity contribution in [3.05, 3.63) is 28.2 Å². The number of piperidine rings is 1. The van der Waals surface area contributed by atoms with Gasteiger partial charge in [0.15, 0.2) is 0 Å². The van der Waals surface area contributed by atoms with Crippen LogP contribution in [-0.4, -0.2) is 36.5 Å². The van der Waals surface area contributed by atoms with E-state index in [2.05, 4.69) is 17.1 Å². The fourth-order valence-electron chi connectivity index (χ4n) is 2.73. The molecule has 0 spiro atoms. The van der Waals surface area contributed by atoms with Crippen LogP contribution in [0.25, 0.3) is 0 Å². The van der Waals surface area contributed by atoms with Gasteiger partial charge in [-0.15, -0.1) is 12.4 Å². The minimum Gasteiger partial charge on any atom is -0.329 e. The van der Waals surface area contributed by atoms with Gasteiger partial charge in [0.2, 0.25) is 5.91 Å². The average Bonchev–Trinajstić information content (AvgIpc) is 2.45. The normalized spacial score (nSPS) is 22.0. The summed E-state index contributed by atoms with van der Waals surface area (Å²) in [5.41, 5.74) is 6.36. The maximum Gasteiger partial charge on any atom is 0.238 e. The van der Waals surface area contributed by atoms with Crippen LogP contribution in [0.3, 0.4) is 0 Å². The van der Waals surface area contributed by atoms with Crippen LogP contribution in [0.2, 0.25) is 10.0 Å². The number of likely N-dealkylation sites (tertiary alicyclic amines) is 1. The van der Waals surface area contributed by atoms with Crippen LogP contribution in [0.15, 0.2) is 18.2 Å². The van der Waals surface area contributed by atoms with Crippen LogP contribution in [-0.2, 0) is 4.79 Å². The highest BCUT2D eigenvalue weighted by molar-refractivity contribution is 6.43. The number of amides is 1. The molecule has 124 valence electrons. The second-order valence-corrected chi connectivity index (χ2v) is 6.42. The Kier molecular flexibility index (Phi) is 7.94. The van der Waals surface area contributed by atoms with Gasteiger partial charge in [-0.05, 0) is 37.4 Å². The van der Waals surface area contributed by atoms with Crippen molar-refractivity contribution in [1.29, 1.82) is 0 Å². The molecule has 0 bridgehead atoms. The Morgan fingerprint density at radius 3 is 2.86 bits per heavy atom. The third-order valence-electron chi connectivity index (χ3n) is 3.94. The SMILES string of the molecule is CC1CCN(CC(=O)Nc2cccc(Cl)c2Cl)C(CN)C1.Cl. The molecular formula is C15H22Cl3N3O. The molecule has 2 rings (SSSR count). The van der Waals surface area contributed by atoms with Gasteiger partial charge in [-0.3, -0.25) is 9.69 Å². The molecule has 2 unspecified atom stereocenters. The number of halogens is 3. The number of benzene rings is 1. The number of hydrogen-bond acceptors (Lipinski definition) is 3. The molecule has 3 N–H and O–H groups in total. The summed E-state index contributed by atoms with van der Waals surface area (Å²) in [5, 5.41) is 3.62. The second kappa shape index (κ2) is 8.94. The number of rotatable bonds is 4. The lowest BCUT2D eigenvalue weighted by molar-refractivity contribution is -0.118. The Hall–Kier alpha value is -0.520. The Balaban J connectivity index is 0.00000242. The second-order valence-electron chi connectivity index (χ2n) is 5.64. The Morgan fingerprint density at radius 2 is 2.18 bits per heavy atom. The number of nitrogens with zero attached hydrogens (tertiary/aromatic N) is 1. The van der Waals surface area contributed by atoms with E-state index in [-0.39, 0.29) is 24.4 Å². The van der Waals surface area contributed by atoms with E-state index in [4.69, 9.17) is 28.9 Å². The molecule has 1 fully saturated rings. The molecule has 4 nitrogen and oxygen atoms in total. The third kappa shape index (κ3) is 5.00. The molecule has 0 aliphatic carbocycles. The number of anilines is 1. The number of nitrogens with two attached hydrogens (primary N) is 1. The fraction of sp³-hybridized carbons (Fsp3) is 0.533. The van der Waals surface area contributed by atoms with Crippen molar-refractivity contribution in [2.45, 2.75) is 25.8 Å². The first kappa shape index (κ1) is 19.5. The topological polar surface area (TPSA) is 58.4 Å². The summed E-state index contributed by atoms with van der Waals surface area (Å²) in [6, 6.07) is 5.46. The lowest BCUT2D eigenvalue weighted by Gasteiger charge is -2.37. The fourth-order valence-corrected chi connectivity index (χ4v) is 3.08. The van der Waals surface area contributed by atoms with Crippen molar-refractivity contribution < 1.29 is 4.79 Å². The van der Waals surface area contributed by atoms with Crippen LogP contribution in [0.5, 0.6) is 0 Å². The minimum absolute atomic E-state index is 0. The van der Waals surface area contributed by atoms with Gasteiger partial charge in [-0.1, -0.05) is 36.2 Å². The molecule has 7 heteroatoms. The van der Waals surface area contributed by atoms with Gasteiger partial charge in [-0.25, -0.2) is 0 Å². The Labute approximate surface area is 147 Å². The van der Waals surface area contributed by atoms with E-state index >= 15 is 0 Å². The quantitative estimate of drug-likeness (QED) is 0.858. The molecule has 0 aromatic heterocycles. The zero-order valence-corrected chi connectivity index (χ0v) is 14.8. The zero-order chi connectivity index (χ0) is 15.4. The molecule has 1 saturated heterocycles. The van der Waals surface area contributed by atoms with Gasteiger partial charge < -0.3 is 11.1 Å². The van der Waals surface area contributed by atoms with Crippen molar-refractivity contribution >= 4 is 47.2 Å². The average molecular weight is 367 g/mol. The highest BCUT2D eigenvalue weighted by Gasteiger charge is 2.26. The third-order valence-corrected chi connectivity index (χ3v) is 4.76. The van der Waals surface area contributed by atoms with Crippen LogP contribution in [0.1, 0.15) is 19.8 Å². The maximum absolute atomic E-state index is 12.2. The van der Waals surface area contributed by atoms with E-state index in [0.717, 1.165) is 19.4 Å². The van der Waals surface area contributed by atoms with Crippen LogP contribution < -0.4 is 11.1 Å². The van der Waals surface area contributed by atoms with Crippen molar-refractivity contribution in [3.63, 3.8) is 0 Å². The monoisotopic (exact) mass is 365 g/mol. The Morgan fingerprint density at radius 1 is 1.45 bits per heavy atom. The van der Waals surface area contributed by atoms with Crippen LogP contribution >= 0.6 is 35.6 Å². The molecular weight excluding hydrogens is 345 g/mol. The lowest BCUT2D eigenvalue weighted by atomic mass is 9.92. The molecule has 22 heavy (non-hydrogen) atoms. The number of carbonyl (C=O) groups excluding carboxylic acids is 1. The number of carbonyl (C=O) groups is 1. The van der Waals surface area contributed by atoms with Gasteiger partial charge in [0.25, 0.3) is 0 Å². The van der Waals surface area contributed by atoms with Gasteiger partial charge >= 0.3 is 0 Å². The van der Waals surface area contributed by atoms with E-state index in [1.807, 2.05) is 0 Å². The molecule has 2 atom stereocenters. The van der Waals surface area contributed by atoms with Crippen LogP contribution in [0, 0.1) is 5.92 Å². The van der Waals surface area contributed by atoms with E-state index in [1.54, 1.807) is 18.2 Å². The van der Waals surface area contributed by atoms with Crippen molar-refractivity contribution in [2.75, 3.05) is 25.0 Å². The van der Waals surface area contributed by atoms with Gasteiger partial charge in [-0.2, -0.15) is 0 Å². The van der Waals surface area contributed by atoms with Crippen LogP contribution in [0.4, 0.5) is 5.69 Å². The van der Waals surface area contributed by atoms with E-state index in [1.165, 1.54) is 0 Å². The van der Waals surface area contributed by atoms with Gasteiger partial charge in [0.1, 0.15) is 0 Å². The summed E-state index contributed by atoms with van der Waals surface area (Å²) < 4.78 is 0. The number of hydrogen-bond donors (Lipinski definition) is 2. The van der Waals surface area contributed by atoms with Crippen molar-refractivity contribution in [3.8, 4) is 0 Å². The molecule has 1 aliphatic rings. The lowest BCUT2D eigenvalue weighted by Crippen LogP contribution is -2.49. The molecule has 0 radical (unpaired) electrons. The first-order chi connectivity index (χ1) is 10.0. The van der Waals surface area contributed by atoms with E-state index < -0.39 is 0 Å². The summed E-state index contributed by atoms with van der Waals surface area (Å²) in [7, 11) is 0. The molecule has 1 aromatic carbocycles. The summed E-state index contributed by atoms with van der Waals surface area (Å²) in [6.45, 7) is 4.04. The minimum atomic E-state index is -0.0906. The Bertz CT molecular complexity index is 513. The highest BCUT2D eigenvalue weighted by atomic mass is 35.5. The molecule has 1 aromatic rings. The smallest absolute Gasteiger partial charge is 0.238 e. The number of nitrogens with one attached hydrogen (secondary N) is 1. The van der Waals surface area contributed by atoms with Crippen molar-refractivity contribution in [1.82, 2.24) is 4.90 Å². The standard InChI is InChI=1S/C15H21Cl2N3O.ClH/c1-10-5-6-20(11(7-10)8-18)9-14(21)19-13-4-2-3-12(16)15(13)17;/h2-4,10-11H,5-9,18H2,1H3,(H,19,21);1H. The molecule has 1 aliphatic heterocycles. The van der Waals surface area contributed by atoms with E-state index in [9.17, 15) is 4.79 Å². The zero-order valence-electron chi connectivity index (χ0n) is 12.5. The summed E-state index contributed by atoms with van der Waals surface area (Å²) in [6.07, 6.45) is 2.14. The maximum atomic E-state index is 12.2. The first-order valence-electron chi connectivity index (χ1n) is 7.19. The van der Waals surface area contributed by atoms with Crippen molar-refractivity contribution in [2.24, 2.45) is 11.7 Å². The highest BCUT2D eigenvalue weighted by Crippen LogP contribution is 2.29. The van der Waals surface area contributed by atoms with E-state index in [0.29, 0.717) is 34.7 Å². The van der Waals surface area contributed by atoms with Gasteiger partial charge in [0, 0.05) is 12.6 Å².